The highest BCUT2D eigenvalue weighted by Gasteiger charge is 2.23. The summed E-state index contributed by atoms with van der Waals surface area (Å²) in [6.45, 7) is 2.46. The van der Waals surface area contributed by atoms with Gasteiger partial charge < -0.3 is 14.8 Å². The van der Waals surface area contributed by atoms with Crippen LogP contribution in [0.4, 0.5) is 5.69 Å². The van der Waals surface area contributed by atoms with Gasteiger partial charge in [0.1, 0.15) is 23.7 Å². The van der Waals surface area contributed by atoms with Crippen LogP contribution in [0.1, 0.15) is 27.0 Å². The first-order chi connectivity index (χ1) is 14.9. The van der Waals surface area contributed by atoms with Crippen molar-refractivity contribution >= 4 is 27.5 Å². The molecule has 3 aromatic rings. The summed E-state index contributed by atoms with van der Waals surface area (Å²) in [6, 6.07) is 17.7. The highest BCUT2D eigenvalue weighted by molar-refractivity contribution is 9.10. The van der Waals surface area contributed by atoms with Crippen LogP contribution < -0.4 is 14.8 Å². The summed E-state index contributed by atoms with van der Waals surface area (Å²) < 4.78 is 11.3. The van der Waals surface area contributed by atoms with Crippen molar-refractivity contribution in [1.29, 1.82) is 0 Å². The second-order valence-corrected chi connectivity index (χ2v) is 7.72. The van der Waals surface area contributed by atoms with E-state index in [1.54, 1.807) is 7.11 Å². The van der Waals surface area contributed by atoms with Gasteiger partial charge in [0.05, 0.1) is 16.5 Å². The van der Waals surface area contributed by atoms with Crippen molar-refractivity contribution in [3.8, 4) is 11.5 Å². The molecule has 0 aliphatic rings. The Morgan fingerprint density at radius 2 is 1.71 bits per heavy atom. The number of halogens is 1. The van der Waals surface area contributed by atoms with Gasteiger partial charge in [-0.25, -0.2) is 0 Å². The highest BCUT2D eigenvalue weighted by Crippen LogP contribution is 2.33. The number of aryl methyl sites for hydroxylation is 1. The smallest absolute Gasteiger partial charge is 0.283 e. The van der Waals surface area contributed by atoms with Gasteiger partial charge in [0.25, 0.3) is 11.6 Å². The van der Waals surface area contributed by atoms with Gasteiger partial charge in [-0.3, -0.25) is 14.9 Å². The van der Waals surface area contributed by atoms with Gasteiger partial charge in [-0.2, -0.15) is 0 Å². The molecule has 0 aliphatic heterocycles. The first kappa shape index (κ1) is 22.3. The number of ether oxygens (including phenoxy) is 2. The second kappa shape index (κ2) is 10.1. The molecule has 1 N–H and O–H groups in total. The third-order valence-electron chi connectivity index (χ3n) is 4.62. The third kappa shape index (κ3) is 5.82. The Kier molecular flexibility index (Phi) is 7.25. The van der Waals surface area contributed by atoms with Crippen LogP contribution in [-0.2, 0) is 13.2 Å². The number of amides is 1. The van der Waals surface area contributed by atoms with Gasteiger partial charge in [0.15, 0.2) is 0 Å². The van der Waals surface area contributed by atoms with Crippen molar-refractivity contribution in [3.05, 3.63) is 97.5 Å². The maximum atomic E-state index is 12.7. The van der Waals surface area contributed by atoms with Crippen LogP contribution in [0.2, 0.25) is 0 Å². The fraction of sp³-hybridized carbons (Fsp3) is 0.174. The molecular weight excluding hydrogens is 464 g/mol. The lowest BCUT2D eigenvalue weighted by molar-refractivity contribution is -0.385. The molecule has 0 heterocycles. The Hall–Kier alpha value is -3.39. The van der Waals surface area contributed by atoms with Crippen LogP contribution in [0.5, 0.6) is 11.5 Å². The lowest BCUT2D eigenvalue weighted by Gasteiger charge is -2.12. The molecule has 3 rings (SSSR count). The van der Waals surface area contributed by atoms with Crippen molar-refractivity contribution in [2.24, 2.45) is 0 Å². The molecule has 1 amide bonds. The molecule has 0 atom stereocenters. The number of hydrogen-bond donors (Lipinski definition) is 1. The first-order valence-electron chi connectivity index (χ1n) is 9.45. The average molecular weight is 485 g/mol. The normalized spacial score (nSPS) is 10.4. The summed E-state index contributed by atoms with van der Waals surface area (Å²) in [5, 5.41) is 14.2. The van der Waals surface area contributed by atoms with Gasteiger partial charge in [-0.15, -0.1) is 0 Å². The molecule has 31 heavy (non-hydrogen) atoms. The van der Waals surface area contributed by atoms with Gasteiger partial charge in [-0.1, -0.05) is 42.0 Å². The molecule has 0 radical (unpaired) electrons. The molecule has 0 bridgehead atoms. The minimum atomic E-state index is -0.585. The van der Waals surface area contributed by atoms with Crippen LogP contribution in [0.25, 0.3) is 0 Å². The Morgan fingerprint density at radius 1 is 1.06 bits per heavy atom. The van der Waals surface area contributed by atoms with Crippen LogP contribution in [0.3, 0.4) is 0 Å². The maximum absolute atomic E-state index is 12.7. The zero-order chi connectivity index (χ0) is 22.4. The van der Waals surface area contributed by atoms with Crippen molar-refractivity contribution in [1.82, 2.24) is 5.32 Å². The summed E-state index contributed by atoms with van der Waals surface area (Å²) >= 11 is 3.30. The number of nitrogens with zero attached hydrogens (tertiary/aromatic N) is 1. The van der Waals surface area contributed by atoms with E-state index in [0.717, 1.165) is 22.4 Å². The Bertz CT molecular complexity index is 1080. The van der Waals surface area contributed by atoms with Gasteiger partial charge in [0, 0.05) is 18.7 Å². The molecule has 0 aromatic heterocycles. The van der Waals surface area contributed by atoms with E-state index in [4.69, 9.17) is 9.47 Å². The minimum Gasteiger partial charge on any atom is -0.497 e. The van der Waals surface area contributed by atoms with Crippen LogP contribution in [-0.4, -0.2) is 17.9 Å². The molecule has 8 heteroatoms. The summed E-state index contributed by atoms with van der Waals surface area (Å²) in [4.78, 5) is 23.6. The molecule has 3 aromatic carbocycles. The standard InChI is InChI=1S/C23H21BrN2O5/c1-15-3-5-16(6-4-15)13-25-23(27)19-11-22(20(24)12-21(19)26(28)29)31-14-17-7-9-18(30-2)10-8-17/h3-12H,13-14H2,1-2H3,(H,25,27). The van der Waals surface area contributed by atoms with Crippen molar-refractivity contribution < 1.29 is 19.2 Å². The molecule has 0 spiro atoms. The number of rotatable bonds is 8. The molecule has 0 fully saturated rings. The SMILES string of the molecule is COc1ccc(COc2cc(C(=O)NCc3ccc(C)cc3)c([N+](=O)[O-])cc2Br)cc1. The lowest BCUT2D eigenvalue weighted by atomic mass is 10.1. The van der Waals surface area contributed by atoms with E-state index in [9.17, 15) is 14.9 Å². The second-order valence-electron chi connectivity index (χ2n) is 6.86. The van der Waals surface area contributed by atoms with Crippen molar-refractivity contribution in [2.75, 3.05) is 7.11 Å². The summed E-state index contributed by atoms with van der Waals surface area (Å²) in [7, 11) is 1.59. The zero-order valence-corrected chi connectivity index (χ0v) is 18.6. The molecule has 0 saturated heterocycles. The lowest BCUT2D eigenvalue weighted by Crippen LogP contribution is -2.23. The quantitative estimate of drug-likeness (QED) is 0.351. The molecular formula is C23H21BrN2O5. The number of nitrogens with one attached hydrogen (secondary N) is 1. The Labute approximate surface area is 188 Å². The molecule has 0 unspecified atom stereocenters. The van der Waals surface area contributed by atoms with E-state index in [1.807, 2.05) is 55.5 Å². The van der Waals surface area contributed by atoms with E-state index >= 15 is 0 Å². The Balaban J connectivity index is 1.77. The predicted octanol–water partition coefficient (Wildman–Crippen LogP) is 5.18. The number of methoxy groups -OCH3 is 1. The number of hydrogen-bond acceptors (Lipinski definition) is 5. The molecule has 7 nitrogen and oxygen atoms in total. The molecule has 0 aliphatic carbocycles. The van der Waals surface area contributed by atoms with Gasteiger partial charge in [0.2, 0.25) is 0 Å². The van der Waals surface area contributed by atoms with E-state index in [2.05, 4.69) is 21.2 Å². The fourth-order valence-electron chi connectivity index (χ4n) is 2.85. The average Bonchev–Trinajstić information content (AvgIpc) is 2.77. The predicted molar refractivity (Wildman–Crippen MR) is 120 cm³/mol. The number of carbonyl (C=O) groups is 1. The summed E-state index contributed by atoms with van der Waals surface area (Å²) in [6.07, 6.45) is 0. The van der Waals surface area contributed by atoms with E-state index in [1.165, 1.54) is 12.1 Å². The first-order valence-corrected chi connectivity index (χ1v) is 10.2. The largest absolute Gasteiger partial charge is 0.497 e. The van der Waals surface area contributed by atoms with Gasteiger partial charge >= 0.3 is 0 Å². The maximum Gasteiger partial charge on any atom is 0.283 e. The van der Waals surface area contributed by atoms with Gasteiger partial charge in [-0.05, 0) is 46.1 Å². The Morgan fingerprint density at radius 3 is 2.32 bits per heavy atom. The number of nitro groups is 1. The summed E-state index contributed by atoms with van der Waals surface area (Å²) in [5.41, 5.74) is 2.53. The fourth-order valence-corrected chi connectivity index (χ4v) is 3.30. The van der Waals surface area contributed by atoms with E-state index in [0.29, 0.717) is 10.2 Å². The van der Waals surface area contributed by atoms with E-state index in [-0.39, 0.29) is 24.4 Å². The molecule has 160 valence electrons. The van der Waals surface area contributed by atoms with Crippen LogP contribution in [0, 0.1) is 17.0 Å². The monoisotopic (exact) mass is 484 g/mol. The number of carbonyl (C=O) groups excluding carboxylic acids is 1. The number of nitro benzene ring substituents is 1. The van der Waals surface area contributed by atoms with Crippen LogP contribution >= 0.6 is 15.9 Å². The minimum absolute atomic E-state index is 0.0648. The summed E-state index contributed by atoms with van der Waals surface area (Å²) in [5.74, 6) is 0.517. The topological polar surface area (TPSA) is 90.7 Å². The third-order valence-corrected chi connectivity index (χ3v) is 5.24. The van der Waals surface area contributed by atoms with Crippen molar-refractivity contribution in [3.63, 3.8) is 0 Å². The van der Waals surface area contributed by atoms with Crippen molar-refractivity contribution in [2.45, 2.75) is 20.1 Å². The van der Waals surface area contributed by atoms with Crippen LogP contribution in [0.15, 0.2) is 65.1 Å². The molecule has 0 saturated carbocycles. The zero-order valence-electron chi connectivity index (χ0n) is 17.1. The number of benzene rings is 3. The van der Waals surface area contributed by atoms with E-state index < -0.39 is 10.8 Å². The highest BCUT2D eigenvalue weighted by atomic mass is 79.9.